The molecule has 2 rings (SSSR count). The number of amides is 1. The Hall–Kier alpha value is -1.03. The van der Waals surface area contributed by atoms with Gasteiger partial charge < -0.3 is 20.7 Å². The van der Waals surface area contributed by atoms with Gasteiger partial charge in [-0.05, 0) is 43.0 Å². The Morgan fingerprint density at radius 1 is 1.44 bits per heavy atom. The number of halogens is 2. The van der Waals surface area contributed by atoms with Crippen LogP contribution in [0, 0.1) is 5.92 Å². The summed E-state index contributed by atoms with van der Waals surface area (Å²) in [6.07, 6.45) is 2.54. The first-order valence-electron chi connectivity index (χ1n) is 8.20. The molecule has 3 N–H and O–H groups in total. The van der Waals surface area contributed by atoms with E-state index in [9.17, 15) is 4.79 Å². The number of nitrogens with one attached hydrogen (secondary N) is 1. The number of carbonyl (C=O) groups excluding carboxylic acids is 1. The minimum absolute atomic E-state index is 0. The van der Waals surface area contributed by atoms with Gasteiger partial charge in [0, 0.05) is 31.0 Å². The Kier molecular flexibility index (Phi) is 10.2. The Balaban J connectivity index is 0.00000312. The van der Waals surface area contributed by atoms with Gasteiger partial charge in [0.2, 0.25) is 5.91 Å². The van der Waals surface area contributed by atoms with Gasteiger partial charge in [0.25, 0.3) is 0 Å². The molecule has 25 heavy (non-hydrogen) atoms. The average Bonchev–Trinajstić information content (AvgIpc) is 2.56. The lowest BCUT2D eigenvalue weighted by Gasteiger charge is -2.34. The SMILES string of the molecule is CN=C(NCCOc1ccc(Br)cc1)N1CCCC(CC(N)=O)C1.I. The molecule has 1 aromatic rings. The molecule has 1 saturated heterocycles. The van der Waals surface area contributed by atoms with E-state index < -0.39 is 0 Å². The van der Waals surface area contributed by atoms with Crippen LogP contribution in [0.1, 0.15) is 19.3 Å². The van der Waals surface area contributed by atoms with Crippen molar-refractivity contribution in [3.05, 3.63) is 28.7 Å². The number of primary amides is 1. The van der Waals surface area contributed by atoms with Crippen LogP contribution in [0.25, 0.3) is 0 Å². The predicted molar refractivity (Wildman–Crippen MR) is 115 cm³/mol. The van der Waals surface area contributed by atoms with Gasteiger partial charge in [-0.2, -0.15) is 0 Å². The topological polar surface area (TPSA) is 80.0 Å². The lowest BCUT2D eigenvalue weighted by Crippen LogP contribution is -2.48. The predicted octanol–water partition coefficient (Wildman–Crippen LogP) is 2.61. The molecule has 0 saturated carbocycles. The summed E-state index contributed by atoms with van der Waals surface area (Å²) in [6, 6.07) is 7.76. The molecule has 1 amide bonds. The Morgan fingerprint density at radius 2 is 2.16 bits per heavy atom. The fraction of sp³-hybridized carbons (Fsp3) is 0.529. The van der Waals surface area contributed by atoms with Gasteiger partial charge in [0.1, 0.15) is 12.4 Å². The minimum Gasteiger partial charge on any atom is -0.492 e. The molecule has 1 aliphatic heterocycles. The molecule has 140 valence electrons. The van der Waals surface area contributed by atoms with Crippen molar-refractivity contribution in [3.63, 3.8) is 0 Å². The molecule has 6 nitrogen and oxygen atoms in total. The van der Waals surface area contributed by atoms with Gasteiger partial charge in [-0.1, -0.05) is 15.9 Å². The molecule has 1 atom stereocenters. The van der Waals surface area contributed by atoms with Crippen LogP contribution in [0.4, 0.5) is 0 Å². The fourth-order valence-corrected chi connectivity index (χ4v) is 3.17. The maximum Gasteiger partial charge on any atom is 0.217 e. The molecule has 0 spiro atoms. The van der Waals surface area contributed by atoms with Crippen molar-refractivity contribution < 1.29 is 9.53 Å². The highest BCUT2D eigenvalue weighted by atomic mass is 127. The molecule has 0 aromatic heterocycles. The van der Waals surface area contributed by atoms with E-state index in [0.717, 1.165) is 42.1 Å². The molecule has 1 fully saturated rings. The number of hydrogen-bond acceptors (Lipinski definition) is 3. The van der Waals surface area contributed by atoms with Crippen molar-refractivity contribution in [1.29, 1.82) is 0 Å². The summed E-state index contributed by atoms with van der Waals surface area (Å²) in [5.41, 5.74) is 5.32. The largest absolute Gasteiger partial charge is 0.492 e. The summed E-state index contributed by atoms with van der Waals surface area (Å²) >= 11 is 3.40. The molecule has 1 aliphatic rings. The quantitative estimate of drug-likeness (QED) is 0.259. The van der Waals surface area contributed by atoms with Crippen LogP contribution in [0.2, 0.25) is 0 Å². The molecule has 1 aromatic carbocycles. The van der Waals surface area contributed by atoms with Gasteiger partial charge in [-0.15, -0.1) is 24.0 Å². The number of aliphatic imine (C=N–C) groups is 1. The summed E-state index contributed by atoms with van der Waals surface area (Å²) in [7, 11) is 1.77. The second-order valence-electron chi connectivity index (χ2n) is 5.90. The number of rotatable bonds is 6. The average molecular weight is 525 g/mol. The number of nitrogens with zero attached hydrogens (tertiary/aromatic N) is 2. The molecular formula is C17H26BrIN4O2. The van der Waals surface area contributed by atoms with E-state index in [1.165, 1.54) is 0 Å². The molecule has 0 aliphatic carbocycles. The summed E-state index contributed by atoms with van der Waals surface area (Å²) in [6.45, 7) is 2.98. The lowest BCUT2D eigenvalue weighted by molar-refractivity contribution is -0.119. The monoisotopic (exact) mass is 524 g/mol. The Morgan fingerprint density at radius 3 is 2.80 bits per heavy atom. The second kappa shape index (κ2) is 11.6. The van der Waals surface area contributed by atoms with Crippen LogP contribution in [0.3, 0.4) is 0 Å². The van der Waals surface area contributed by atoms with Gasteiger partial charge in [0.05, 0.1) is 6.54 Å². The van der Waals surface area contributed by atoms with E-state index in [1.807, 2.05) is 24.3 Å². The normalized spacial score (nSPS) is 17.6. The summed E-state index contributed by atoms with van der Waals surface area (Å²) in [5, 5.41) is 3.32. The van der Waals surface area contributed by atoms with Crippen LogP contribution >= 0.6 is 39.9 Å². The van der Waals surface area contributed by atoms with E-state index in [1.54, 1.807) is 7.05 Å². The van der Waals surface area contributed by atoms with Crippen molar-refractivity contribution in [3.8, 4) is 5.75 Å². The number of piperidine rings is 1. The van der Waals surface area contributed by atoms with Crippen molar-refractivity contribution in [2.24, 2.45) is 16.6 Å². The standard InChI is InChI=1S/C17H25BrN4O2.HI/c1-20-17(22-9-2-3-13(12-22)11-16(19)23)21-8-10-24-15-6-4-14(18)5-7-15;/h4-7,13H,2-3,8-12H2,1H3,(H2,19,23)(H,20,21);1H. The highest BCUT2D eigenvalue weighted by Gasteiger charge is 2.23. The molecule has 0 bridgehead atoms. The third-order valence-corrected chi connectivity index (χ3v) is 4.52. The first kappa shape index (κ1) is 22.0. The minimum atomic E-state index is -0.229. The third-order valence-electron chi connectivity index (χ3n) is 3.99. The molecule has 1 heterocycles. The number of guanidine groups is 1. The highest BCUT2D eigenvalue weighted by Crippen LogP contribution is 2.19. The van der Waals surface area contributed by atoms with E-state index in [2.05, 4.69) is 31.1 Å². The molecular weight excluding hydrogens is 499 g/mol. The maximum atomic E-state index is 11.1. The number of nitrogens with two attached hydrogens (primary N) is 1. The van der Waals surface area contributed by atoms with E-state index in [4.69, 9.17) is 10.5 Å². The fourth-order valence-electron chi connectivity index (χ4n) is 2.90. The van der Waals surface area contributed by atoms with Crippen LogP contribution < -0.4 is 15.8 Å². The van der Waals surface area contributed by atoms with Gasteiger partial charge in [-0.3, -0.25) is 9.79 Å². The van der Waals surface area contributed by atoms with Crippen molar-refractivity contribution in [1.82, 2.24) is 10.2 Å². The highest BCUT2D eigenvalue weighted by molar-refractivity contribution is 14.0. The number of carbonyl (C=O) groups is 1. The number of likely N-dealkylation sites (tertiary alicyclic amines) is 1. The number of hydrogen-bond donors (Lipinski definition) is 2. The van der Waals surface area contributed by atoms with Gasteiger partial charge in [-0.25, -0.2) is 0 Å². The zero-order valence-electron chi connectivity index (χ0n) is 14.4. The van der Waals surface area contributed by atoms with Crippen LogP contribution in [0.5, 0.6) is 5.75 Å². The number of benzene rings is 1. The zero-order valence-corrected chi connectivity index (χ0v) is 18.3. The third kappa shape index (κ3) is 7.81. The van der Waals surface area contributed by atoms with Crippen LogP contribution in [0.15, 0.2) is 33.7 Å². The Labute approximate surface area is 174 Å². The first-order valence-corrected chi connectivity index (χ1v) is 9.00. The van der Waals surface area contributed by atoms with Crippen molar-refractivity contribution >= 4 is 51.8 Å². The first-order chi connectivity index (χ1) is 11.6. The summed E-state index contributed by atoms with van der Waals surface area (Å²) < 4.78 is 6.73. The molecule has 0 radical (unpaired) electrons. The second-order valence-corrected chi connectivity index (χ2v) is 6.82. The smallest absolute Gasteiger partial charge is 0.217 e. The summed E-state index contributed by atoms with van der Waals surface area (Å²) in [5.74, 6) is 1.78. The van der Waals surface area contributed by atoms with Crippen LogP contribution in [-0.4, -0.2) is 50.1 Å². The van der Waals surface area contributed by atoms with E-state index >= 15 is 0 Å². The van der Waals surface area contributed by atoms with E-state index in [-0.39, 0.29) is 29.9 Å². The van der Waals surface area contributed by atoms with Crippen molar-refractivity contribution in [2.75, 3.05) is 33.3 Å². The van der Waals surface area contributed by atoms with Gasteiger partial charge in [0.15, 0.2) is 5.96 Å². The number of ether oxygens (including phenoxy) is 1. The molecule has 1 unspecified atom stereocenters. The van der Waals surface area contributed by atoms with E-state index in [0.29, 0.717) is 25.5 Å². The van der Waals surface area contributed by atoms with Crippen LogP contribution in [-0.2, 0) is 4.79 Å². The van der Waals surface area contributed by atoms with Gasteiger partial charge >= 0.3 is 0 Å². The van der Waals surface area contributed by atoms with Crippen molar-refractivity contribution in [2.45, 2.75) is 19.3 Å². The Bertz CT molecular complexity index is 568. The molecule has 8 heteroatoms. The maximum absolute atomic E-state index is 11.1. The lowest BCUT2D eigenvalue weighted by atomic mass is 9.95. The summed E-state index contributed by atoms with van der Waals surface area (Å²) in [4.78, 5) is 17.6. The zero-order chi connectivity index (χ0) is 17.4.